The summed E-state index contributed by atoms with van der Waals surface area (Å²) in [5.74, 6) is 0.792. The number of hydrogen-bond acceptors (Lipinski definition) is 4. The van der Waals surface area contributed by atoms with Gasteiger partial charge in [-0.2, -0.15) is 0 Å². The van der Waals surface area contributed by atoms with Crippen molar-refractivity contribution in [2.75, 3.05) is 18.8 Å². The van der Waals surface area contributed by atoms with Crippen LogP contribution in [0.5, 0.6) is 5.75 Å². The molecule has 3 N–H and O–H groups in total. The Morgan fingerprint density at radius 3 is 2.89 bits per heavy atom. The average Bonchev–Trinajstić information content (AvgIpc) is 2.41. The lowest BCUT2D eigenvalue weighted by atomic mass is 10.1. The molecular weight excluding hydrogens is 226 g/mol. The third-order valence-corrected chi connectivity index (χ3v) is 3.35. The SMILES string of the molecule is Nc1cc2cnccc2cc1OC1CCNCC1. The minimum atomic E-state index is 0.271. The Kier molecular flexibility index (Phi) is 3.02. The quantitative estimate of drug-likeness (QED) is 0.791. The molecule has 1 aromatic heterocycles. The summed E-state index contributed by atoms with van der Waals surface area (Å²) in [7, 11) is 0. The number of piperidine rings is 1. The van der Waals surface area contributed by atoms with Crippen LogP contribution in [0, 0.1) is 0 Å². The van der Waals surface area contributed by atoms with Gasteiger partial charge in [-0.05, 0) is 49.5 Å². The molecule has 2 heterocycles. The van der Waals surface area contributed by atoms with Crippen LogP contribution in [0.3, 0.4) is 0 Å². The zero-order valence-electron chi connectivity index (χ0n) is 10.2. The standard InChI is InChI=1S/C14H17N3O/c15-13-7-11-9-17-4-1-10(11)8-14(13)18-12-2-5-16-6-3-12/h1,4,7-9,12,16H,2-3,5-6,15H2. The monoisotopic (exact) mass is 243 g/mol. The van der Waals surface area contributed by atoms with Gasteiger partial charge in [-0.15, -0.1) is 0 Å². The van der Waals surface area contributed by atoms with Crippen molar-refractivity contribution in [3.05, 3.63) is 30.6 Å². The molecule has 0 saturated carbocycles. The van der Waals surface area contributed by atoms with Gasteiger partial charge >= 0.3 is 0 Å². The second kappa shape index (κ2) is 4.82. The average molecular weight is 243 g/mol. The van der Waals surface area contributed by atoms with Crippen molar-refractivity contribution >= 4 is 16.5 Å². The van der Waals surface area contributed by atoms with Crippen LogP contribution in [0.1, 0.15) is 12.8 Å². The molecule has 0 unspecified atom stereocenters. The van der Waals surface area contributed by atoms with Crippen molar-refractivity contribution < 1.29 is 4.74 Å². The number of benzene rings is 1. The molecule has 1 aliphatic rings. The maximum atomic E-state index is 6.04. The molecule has 3 rings (SSSR count). The largest absolute Gasteiger partial charge is 0.488 e. The van der Waals surface area contributed by atoms with Gasteiger partial charge in [0, 0.05) is 17.8 Å². The van der Waals surface area contributed by atoms with Gasteiger partial charge in [-0.3, -0.25) is 4.98 Å². The topological polar surface area (TPSA) is 60.2 Å². The van der Waals surface area contributed by atoms with E-state index in [0.29, 0.717) is 5.69 Å². The fourth-order valence-electron chi connectivity index (χ4n) is 2.33. The molecule has 1 fully saturated rings. The number of anilines is 1. The molecule has 0 radical (unpaired) electrons. The Labute approximate surface area is 106 Å². The van der Waals surface area contributed by atoms with Gasteiger partial charge in [0.15, 0.2) is 0 Å². The van der Waals surface area contributed by atoms with Crippen LogP contribution in [0.25, 0.3) is 10.8 Å². The fraction of sp³-hybridized carbons (Fsp3) is 0.357. The second-order valence-electron chi connectivity index (χ2n) is 4.68. The van der Waals surface area contributed by atoms with Crippen LogP contribution in [-0.2, 0) is 0 Å². The number of aromatic nitrogens is 1. The molecule has 4 heteroatoms. The fourth-order valence-corrected chi connectivity index (χ4v) is 2.33. The number of rotatable bonds is 2. The van der Waals surface area contributed by atoms with Gasteiger partial charge < -0.3 is 15.8 Å². The first-order valence-corrected chi connectivity index (χ1v) is 6.33. The molecule has 0 atom stereocenters. The smallest absolute Gasteiger partial charge is 0.143 e. The number of nitrogens with two attached hydrogens (primary N) is 1. The first-order chi connectivity index (χ1) is 8.83. The lowest BCUT2D eigenvalue weighted by molar-refractivity contribution is 0.163. The predicted octanol–water partition coefficient (Wildman–Crippen LogP) is 1.95. The zero-order chi connectivity index (χ0) is 12.4. The van der Waals surface area contributed by atoms with Crippen molar-refractivity contribution in [2.24, 2.45) is 0 Å². The second-order valence-corrected chi connectivity index (χ2v) is 4.68. The molecule has 94 valence electrons. The summed E-state index contributed by atoms with van der Waals surface area (Å²) in [6.45, 7) is 2.03. The maximum absolute atomic E-state index is 6.04. The van der Waals surface area contributed by atoms with E-state index in [1.165, 1.54) is 0 Å². The summed E-state index contributed by atoms with van der Waals surface area (Å²) in [6, 6.07) is 5.91. The summed E-state index contributed by atoms with van der Waals surface area (Å²) in [4.78, 5) is 4.09. The van der Waals surface area contributed by atoms with Gasteiger partial charge in [0.25, 0.3) is 0 Å². The first kappa shape index (κ1) is 11.3. The minimum Gasteiger partial charge on any atom is -0.488 e. The highest BCUT2D eigenvalue weighted by molar-refractivity contribution is 5.87. The Morgan fingerprint density at radius 1 is 1.22 bits per heavy atom. The number of hydrogen-bond donors (Lipinski definition) is 2. The maximum Gasteiger partial charge on any atom is 0.143 e. The Morgan fingerprint density at radius 2 is 2.06 bits per heavy atom. The van der Waals surface area contributed by atoms with Crippen molar-refractivity contribution in [2.45, 2.75) is 18.9 Å². The van der Waals surface area contributed by atoms with Gasteiger partial charge in [0.1, 0.15) is 11.9 Å². The molecular formula is C14H17N3O. The lowest BCUT2D eigenvalue weighted by Crippen LogP contribution is -2.34. The normalized spacial score (nSPS) is 16.9. The molecule has 1 aliphatic heterocycles. The van der Waals surface area contributed by atoms with Crippen molar-refractivity contribution in [3.8, 4) is 5.75 Å². The van der Waals surface area contributed by atoms with Crippen molar-refractivity contribution in [1.82, 2.24) is 10.3 Å². The van der Waals surface area contributed by atoms with E-state index in [4.69, 9.17) is 10.5 Å². The molecule has 18 heavy (non-hydrogen) atoms. The van der Waals surface area contributed by atoms with Crippen molar-refractivity contribution in [1.29, 1.82) is 0 Å². The van der Waals surface area contributed by atoms with E-state index in [1.807, 2.05) is 24.4 Å². The molecule has 0 spiro atoms. The van der Waals surface area contributed by atoms with Crippen LogP contribution in [0.4, 0.5) is 5.69 Å². The number of pyridine rings is 1. The summed E-state index contributed by atoms with van der Waals surface area (Å²) in [5.41, 5.74) is 6.72. The van der Waals surface area contributed by atoms with Gasteiger partial charge in [0.2, 0.25) is 0 Å². The van der Waals surface area contributed by atoms with Crippen LogP contribution in [0.15, 0.2) is 30.6 Å². The van der Waals surface area contributed by atoms with Crippen molar-refractivity contribution in [3.63, 3.8) is 0 Å². The number of nitrogen functional groups attached to an aromatic ring is 1. The van der Waals surface area contributed by atoms with Gasteiger partial charge in [-0.1, -0.05) is 0 Å². The van der Waals surface area contributed by atoms with E-state index >= 15 is 0 Å². The number of nitrogens with zero attached hydrogens (tertiary/aromatic N) is 1. The van der Waals surface area contributed by atoms with E-state index in [0.717, 1.165) is 42.5 Å². The van der Waals surface area contributed by atoms with Crippen LogP contribution in [-0.4, -0.2) is 24.2 Å². The third kappa shape index (κ3) is 2.24. The van der Waals surface area contributed by atoms with E-state index in [9.17, 15) is 0 Å². The van der Waals surface area contributed by atoms with Crippen LogP contribution in [0.2, 0.25) is 0 Å². The molecule has 0 aliphatic carbocycles. The highest BCUT2D eigenvalue weighted by atomic mass is 16.5. The lowest BCUT2D eigenvalue weighted by Gasteiger charge is -2.24. The van der Waals surface area contributed by atoms with E-state index in [1.54, 1.807) is 6.20 Å². The third-order valence-electron chi connectivity index (χ3n) is 3.35. The highest BCUT2D eigenvalue weighted by Crippen LogP contribution is 2.29. The summed E-state index contributed by atoms with van der Waals surface area (Å²) in [5, 5.41) is 5.49. The van der Waals surface area contributed by atoms with Gasteiger partial charge in [0.05, 0.1) is 5.69 Å². The number of ether oxygens (including phenoxy) is 1. The highest BCUT2D eigenvalue weighted by Gasteiger charge is 2.15. The summed E-state index contributed by atoms with van der Waals surface area (Å²) in [6.07, 6.45) is 5.95. The molecule has 1 saturated heterocycles. The molecule has 2 aromatic rings. The Bertz CT molecular complexity index is 550. The summed E-state index contributed by atoms with van der Waals surface area (Å²) >= 11 is 0. The van der Waals surface area contributed by atoms with Crippen LogP contribution >= 0.6 is 0 Å². The van der Waals surface area contributed by atoms with E-state index < -0.39 is 0 Å². The number of nitrogens with one attached hydrogen (secondary N) is 1. The minimum absolute atomic E-state index is 0.271. The summed E-state index contributed by atoms with van der Waals surface area (Å²) < 4.78 is 6.01. The Hall–Kier alpha value is -1.81. The first-order valence-electron chi connectivity index (χ1n) is 6.33. The molecule has 1 aromatic carbocycles. The predicted molar refractivity (Wildman–Crippen MR) is 72.7 cm³/mol. The van der Waals surface area contributed by atoms with Crippen LogP contribution < -0.4 is 15.8 Å². The zero-order valence-corrected chi connectivity index (χ0v) is 10.2. The molecule has 0 amide bonds. The van der Waals surface area contributed by atoms with E-state index in [2.05, 4.69) is 10.3 Å². The van der Waals surface area contributed by atoms with Gasteiger partial charge in [-0.25, -0.2) is 0 Å². The number of fused-ring (bicyclic) bond motifs is 1. The molecule has 0 bridgehead atoms. The Balaban J connectivity index is 1.88. The molecule has 4 nitrogen and oxygen atoms in total. The van der Waals surface area contributed by atoms with E-state index in [-0.39, 0.29) is 6.10 Å².